The van der Waals surface area contributed by atoms with Crippen molar-refractivity contribution in [2.75, 3.05) is 38.5 Å². The zero-order valence-corrected chi connectivity index (χ0v) is 9.09. The summed E-state index contributed by atoms with van der Waals surface area (Å²) in [7, 11) is -3.25. The van der Waals surface area contributed by atoms with Crippen molar-refractivity contribution in [2.45, 2.75) is 12.8 Å². The summed E-state index contributed by atoms with van der Waals surface area (Å²) in [6.45, 7) is 3.04. The number of hydrogen-bond donors (Lipinski definition) is 2. The third kappa shape index (κ3) is 4.36. The van der Waals surface area contributed by atoms with Gasteiger partial charge in [0.25, 0.3) is 0 Å². The maximum Gasteiger partial charge on any atom is 0.213 e. The molecule has 1 fully saturated rings. The largest absolute Gasteiger partial charge is 0.395 e. The molecule has 0 aliphatic carbocycles. The van der Waals surface area contributed by atoms with Crippen molar-refractivity contribution in [3.8, 4) is 0 Å². The Morgan fingerprint density at radius 2 is 1.93 bits per heavy atom. The van der Waals surface area contributed by atoms with E-state index in [1.54, 1.807) is 0 Å². The van der Waals surface area contributed by atoms with Gasteiger partial charge in [0.1, 0.15) is 0 Å². The maximum atomic E-state index is 11.1. The fourth-order valence-corrected chi connectivity index (χ4v) is 2.34. The number of aliphatic hydroxyl groups excluding tert-OH is 1. The van der Waals surface area contributed by atoms with Crippen LogP contribution in [0.1, 0.15) is 12.8 Å². The van der Waals surface area contributed by atoms with Gasteiger partial charge in [-0.15, -0.1) is 0 Å². The van der Waals surface area contributed by atoms with Crippen LogP contribution in [-0.4, -0.2) is 57.0 Å². The lowest BCUT2D eigenvalue weighted by Gasteiger charge is -2.14. The Kier molecular flexibility index (Phi) is 4.80. The van der Waals surface area contributed by atoms with Crippen LogP contribution in [0.25, 0.3) is 0 Å². The molecule has 1 heterocycles. The first-order valence-corrected chi connectivity index (χ1v) is 6.60. The van der Waals surface area contributed by atoms with Gasteiger partial charge in [0.15, 0.2) is 0 Å². The maximum absolute atomic E-state index is 11.1. The summed E-state index contributed by atoms with van der Waals surface area (Å²) in [6, 6.07) is 0. The van der Waals surface area contributed by atoms with Crippen molar-refractivity contribution in [2.24, 2.45) is 0 Å². The van der Waals surface area contributed by atoms with Gasteiger partial charge < -0.3 is 10.0 Å². The molecular weight excluding hydrogens is 204 g/mol. The lowest BCUT2D eigenvalue weighted by atomic mass is 10.4. The normalized spacial score (nSPS) is 18.9. The first-order chi connectivity index (χ1) is 6.64. The van der Waals surface area contributed by atoms with Crippen molar-refractivity contribution in [1.29, 1.82) is 0 Å². The first-order valence-electron chi connectivity index (χ1n) is 4.94. The molecule has 84 valence electrons. The predicted octanol–water partition coefficient (Wildman–Crippen LogP) is -1.01. The van der Waals surface area contributed by atoms with E-state index in [9.17, 15) is 8.42 Å². The fraction of sp³-hybridized carbons (Fsp3) is 1.00. The van der Waals surface area contributed by atoms with Crippen LogP contribution in [0.4, 0.5) is 0 Å². The van der Waals surface area contributed by atoms with E-state index in [1.807, 2.05) is 0 Å². The summed E-state index contributed by atoms with van der Waals surface area (Å²) in [5, 5.41) is 8.48. The van der Waals surface area contributed by atoms with E-state index in [2.05, 4.69) is 9.62 Å². The molecule has 1 aliphatic heterocycles. The Morgan fingerprint density at radius 3 is 2.50 bits per heavy atom. The van der Waals surface area contributed by atoms with Gasteiger partial charge in [-0.25, -0.2) is 13.1 Å². The molecule has 0 amide bonds. The van der Waals surface area contributed by atoms with Gasteiger partial charge >= 0.3 is 0 Å². The average molecular weight is 222 g/mol. The van der Waals surface area contributed by atoms with Gasteiger partial charge in [-0.1, -0.05) is 0 Å². The number of nitrogens with zero attached hydrogens (tertiary/aromatic N) is 1. The van der Waals surface area contributed by atoms with E-state index in [1.165, 1.54) is 12.8 Å². The SMILES string of the molecule is O=S(=O)(CCO)NCCN1CCCC1. The summed E-state index contributed by atoms with van der Waals surface area (Å²) in [4.78, 5) is 2.24. The number of sulfonamides is 1. The topological polar surface area (TPSA) is 69.6 Å². The monoisotopic (exact) mass is 222 g/mol. The van der Waals surface area contributed by atoms with Gasteiger partial charge in [0, 0.05) is 13.1 Å². The molecule has 0 unspecified atom stereocenters. The molecule has 0 aromatic carbocycles. The van der Waals surface area contributed by atoms with Gasteiger partial charge in [0.2, 0.25) is 10.0 Å². The molecule has 0 aromatic heterocycles. The average Bonchev–Trinajstić information content (AvgIpc) is 2.56. The van der Waals surface area contributed by atoms with E-state index in [-0.39, 0.29) is 12.4 Å². The molecule has 0 aromatic rings. The fourth-order valence-electron chi connectivity index (χ4n) is 1.56. The summed E-state index contributed by atoms with van der Waals surface area (Å²) >= 11 is 0. The summed E-state index contributed by atoms with van der Waals surface area (Å²) in [6.07, 6.45) is 2.42. The Bertz CT molecular complexity index is 247. The highest BCUT2D eigenvalue weighted by atomic mass is 32.2. The Balaban J connectivity index is 2.13. The smallest absolute Gasteiger partial charge is 0.213 e. The van der Waals surface area contributed by atoms with Crippen LogP contribution >= 0.6 is 0 Å². The Hall–Kier alpha value is -0.170. The van der Waals surface area contributed by atoms with Crippen LogP contribution in [0.5, 0.6) is 0 Å². The molecule has 0 radical (unpaired) electrons. The minimum absolute atomic E-state index is 0.201. The molecule has 5 nitrogen and oxygen atoms in total. The van der Waals surface area contributed by atoms with E-state index in [0.717, 1.165) is 19.6 Å². The first kappa shape index (κ1) is 11.9. The van der Waals surface area contributed by atoms with E-state index >= 15 is 0 Å². The minimum Gasteiger partial charge on any atom is -0.395 e. The third-order valence-electron chi connectivity index (χ3n) is 2.31. The van der Waals surface area contributed by atoms with E-state index in [4.69, 9.17) is 5.11 Å². The summed E-state index contributed by atoms with van der Waals surface area (Å²) < 4.78 is 24.7. The van der Waals surface area contributed by atoms with Crippen LogP contribution < -0.4 is 4.72 Å². The summed E-state index contributed by atoms with van der Waals surface area (Å²) in [5.41, 5.74) is 0. The van der Waals surface area contributed by atoms with Crippen molar-refractivity contribution < 1.29 is 13.5 Å². The second-order valence-corrected chi connectivity index (χ2v) is 5.41. The van der Waals surface area contributed by atoms with Gasteiger partial charge in [-0.3, -0.25) is 0 Å². The molecule has 0 spiro atoms. The Morgan fingerprint density at radius 1 is 1.29 bits per heavy atom. The van der Waals surface area contributed by atoms with Crippen LogP contribution in [0.2, 0.25) is 0 Å². The molecule has 14 heavy (non-hydrogen) atoms. The molecular formula is C8H18N2O3S. The standard InChI is InChI=1S/C8H18N2O3S/c11-7-8-14(12,13)9-3-6-10-4-1-2-5-10/h9,11H,1-8H2. The van der Waals surface area contributed by atoms with Crippen LogP contribution in [-0.2, 0) is 10.0 Å². The highest BCUT2D eigenvalue weighted by molar-refractivity contribution is 7.89. The Labute approximate surface area is 85.2 Å². The summed E-state index contributed by atoms with van der Waals surface area (Å²) in [5.74, 6) is -0.201. The molecule has 1 rings (SSSR count). The number of nitrogens with one attached hydrogen (secondary N) is 1. The third-order valence-corrected chi connectivity index (χ3v) is 3.67. The van der Waals surface area contributed by atoms with E-state index in [0.29, 0.717) is 6.54 Å². The minimum atomic E-state index is -3.25. The second kappa shape index (κ2) is 5.65. The molecule has 6 heteroatoms. The van der Waals surface area contributed by atoms with Gasteiger partial charge in [-0.05, 0) is 25.9 Å². The quantitative estimate of drug-likeness (QED) is 0.604. The molecule has 0 saturated carbocycles. The van der Waals surface area contributed by atoms with Crippen molar-refractivity contribution in [3.63, 3.8) is 0 Å². The molecule has 0 atom stereocenters. The number of rotatable bonds is 6. The van der Waals surface area contributed by atoms with E-state index < -0.39 is 10.0 Å². The molecule has 1 saturated heterocycles. The number of aliphatic hydroxyl groups is 1. The van der Waals surface area contributed by atoms with Gasteiger partial charge in [0.05, 0.1) is 12.4 Å². The number of hydrogen-bond acceptors (Lipinski definition) is 4. The zero-order valence-electron chi connectivity index (χ0n) is 8.28. The second-order valence-electron chi connectivity index (χ2n) is 3.49. The van der Waals surface area contributed by atoms with Crippen LogP contribution in [0.3, 0.4) is 0 Å². The van der Waals surface area contributed by atoms with Crippen LogP contribution in [0.15, 0.2) is 0 Å². The van der Waals surface area contributed by atoms with Crippen LogP contribution in [0, 0.1) is 0 Å². The van der Waals surface area contributed by atoms with Gasteiger partial charge in [-0.2, -0.15) is 0 Å². The highest BCUT2D eigenvalue weighted by Gasteiger charge is 2.13. The molecule has 0 bridgehead atoms. The lowest BCUT2D eigenvalue weighted by Crippen LogP contribution is -2.35. The number of likely N-dealkylation sites (tertiary alicyclic amines) is 1. The highest BCUT2D eigenvalue weighted by Crippen LogP contribution is 2.05. The predicted molar refractivity (Wildman–Crippen MR) is 54.5 cm³/mol. The van der Waals surface area contributed by atoms with Crippen molar-refractivity contribution in [3.05, 3.63) is 0 Å². The lowest BCUT2D eigenvalue weighted by molar-refractivity contribution is 0.318. The molecule has 2 N–H and O–H groups in total. The zero-order chi connectivity index (χ0) is 10.4. The van der Waals surface area contributed by atoms with Crippen molar-refractivity contribution in [1.82, 2.24) is 9.62 Å². The molecule has 1 aliphatic rings. The van der Waals surface area contributed by atoms with Crippen molar-refractivity contribution >= 4 is 10.0 Å².